The van der Waals surface area contributed by atoms with Crippen molar-refractivity contribution in [3.05, 3.63) is 101 Å². The summed E-state index contributed by atoms with van der Waals surface area (Å²) in [5.74, 6) is 0.424. The van der Waals surface area contributed by atoms with Gasteiger partial charge in [-0.2, -0.15) is 5.10 Å². The molecule has 0 aromatic heterocycles. The molecular formula is C31H31ClN4O3. The Morgan fingerprint density at radius 3 is 2.41 bits per heavy atom. The van der Waals surface area contributed by atoms with Gasteiger partial charge in [0, 0.05) is 40.6 Å². The number of rotatable bonds is 7. The first-order valence-corrected chi connectivity index (χ1v) is 13.3. The van der Waals surface area contributed by atoms with Crippen molar-refractivity contribution in [2.75, 3.05) is 29.6 Å². The number of hydrogen-bond acceptors (Lipinski definition) is 6. The fraction of sp³-hybridized carbons (Fsp3) is 0.258. The lowest BCUT2D eigenvalue weighted by molar-refractivity contribution is -0.123. The van der Waals surface area contributed by atoms with Gasteiger partial charge in [0.2, 0.25) is 0 Å². The minimum absolute atomic E-state index is 0.0824. The number of halogens is 1. The number of nitrogens with zero attached hydrogens (tertiary/aromatic N) is 3. The lowest BCUT2D eigenvalue weighted by atomic mass is 9.74. The lowest BCUT2D eigenvalue weighted by Crippen LogP contribution is -2.48. The fourth-order valence-electron chi connectivity index (χ4n) is 4.94. The third-order valence-electron chi connectivity index (χ3n) is 6.87. The first-order valence-electron chi connectivity index (χ1n) is 12.9. The summed E-state index contributed by atoms with van der Waals surface area (Å²) in [5, 5.41) is 4.63. The zero-order valence-corrected chi connectivity index (χ0v) is 22.8. The van der Waals surface area contributed by atoms with E-state index in [2.05, 4.69) is 34.2 Å². The number of ketones is 1. The first-order chi connectivity index (χ1) is 18.8. The number of Topliss-reactive ketones (excluding diaryl/α,β-unsaturated/α-hetero) is 1. The zero-order valence-electron chi connectivity index (χ0n) is 22.1. The highest BCUT2D eigenvalue weighted by Gasteiger charge is 2.39. The van der Waals surface area contributed by atoms with E-state index in [1.165, 1.54) is 0 Å². The van der Waals surface area contributed by atoms with Crippen molar-refractivity contribution in [2.45, 2.75) is 26.7 Å². The number of carbonyl (C=O) groups excluding carboxylic acids is 2. The van der Waals surface area contributed by atoms with Crippen molar-refractivity contribution < 1.29 is 14.3 Å². The summed E-state index contributed by atoms with van der Waals surface area (Å²) < 4.78 is 5.65. The molecule has 1 N–H and O–H groups in total. The lowest BCUT2D eigenvalue weighted by Gasteiger charge is -2.45. The Morgan fingerprint density at radius 1 is 1.00 bits per heavy atom. The van der Waals surface area contributed by atoms with Crippen LogP contribution in [-0.2, 0) is 9.59 Å². The molecule has 0 bridgehead atoms. The van der Waals surface area contributed by atoms with E-state index < -0.39 is 0 Å². The van der Waals surface area contributed by atoms with Gasteiger partial charge in [0.25, 0.3) is 5.91 Å². The van der Waals surface area contributed by atoms with Crippen LogP contribution in [0.5, 0.6) is 5.75 Å². The van der Waals surface area contributed by atoms with Crippen LogP contribution in [0, 0.1) is 5.41 Å². The summed E-state index contributed by atoms with van der Waals surface area (Å²) in [6, 6.07) is 24.8. The highest BCUT2D eigenvalue weighted by Crippen LogP contribution is 2.42. The van der Waals surface area contributed by atoms with Gasteiger partial charge in [-0.15, -0.1) is 0 Å². The van der Waals surface area contributed by atoms with E-state index in [0.717, 1.165) is 34.6 Å². The minimum Gasteiger partial charge on any atom is -0.484 e. The van der Waals surface area contributed by atoms with Gasteiger partial charge < -0.3 is 14.5 Å². The Kier molecular flexibility index (Phi) is 7.70. The third-order valence-corrected chi connectivity index (χ3v) is 7.12. The molecule has 7 nitrogen and oxygen atoms in total. The van der Waals surface area contributed by atoms with Gasteiger partial charge in [0.05, 0.1) is 12.9 Å². The molecule has 0 spiro atoms. The highest BCUT2D eigenvalue weighted by molar-refractivity contribution is 6.30. The molecule has 0 saturated carbocycles. The molecule has 1 aliphatic heterocycles. The van der Waals surface area contributed by atoms with Crippen molar-refractivity contribution in [1.82, 2.24) is 5.43 Å². The average molecular weight is 543 g/mol. The standard InChI is InChI=1S/C31H31ClN4O3/c1-31(2)16-28-27(29(37)17-31)19-35(21-36(28)25-10-8-23(32)9-11-25)24-12-14-26(15-13-24)39-20-30(38)34-33-18-22-6-4-3-5-7-22/h3-15,18H,16-17,19-21H2,1-2H3,(H,34,38)/b33-18+. The van der Waals surface area contributed by atoms with Crippen molar-refractivity contribution in [1.29, 1.82) is 0 Å². The van der Waals surface area contributed by atoms with Crippen LogP contribution in [0.3, 0.4) is 0 Å². The monoisotopic (exact) mass is 542 g/mol. The van der Waals surface area contributed by atoms with Gasteiger partial charge in [0.15, 0.2) is 12.4 Å². The summed E-state index contributed by atoms with van der Waals surface area (Å²) >= 11 is 6.15. The summed E-state index contributed by atoms with van der Waals surface area (Å²) in [6.45, 7) is 5.30. The Bertz CT molecular complexity index is 1400. The van der Waals surface area contributed by atoms with Crippen molar-refractivity contribution >= 4 is 40.9 Å². The number of allylic oxidation sites excluding steroid dienone is 1. The molecule has 2 aliphatic rings. The van der Waals surface area contributed by atoms with Gasteiger partial charge in [-0.05, 0) is 65.9 Å². The predicted octanol–water partition coefficient (Wildman–Crippen LogP) is 5.80. The second-order valence-electron chi connectivity index (χ2n) is 10.6. The number of benzene rings is 3. The second kappa shape index (κ2) is 11.3. The molecule has 39 heavy (non-hydrogen) atoms. The predicted molar refractivity (Wildman–Crippen MR) is 155 cm³/mol. The summed E-state index contributed by atoms with van der Waals surface area (Å²) in [5.41, 5.74) is 7.20. The van der Waals surface area contributed by atoms with Gasteiger partial charge in [-0.25, -0.2) is 5.43 Å². The molecular weight excluding hydrogens is 512 g/mol. The van der Waals surface area contributed by atoms with Crippen molar-refractivity contribution in [2.24, 2.45) is 10.5 Å². The van der Waals surface area contributed by atoms with Crippen LogP contribution < -0.4 is 20.0 Å². The highest BCUT2D eigenvalue weighted by atomic mass is 35.5. The van der Waals surface area contributed by atoms with E-state index in [1.807, 2.05) is 78.9 Å². The van der Waals surface area contributed by atoms with Gasteiger partial charge in [-0.1, -0.05) is 55.8 Å². The average Bonchev–Trinajstić information content (AvgIpc) is 2.92. The molecule has 0 unspecified atom stereocenters. The van der Waals surface area contributed by atoms with Crippen LogP contribution in [0.1, 0.15) is 32.3 Å². The minimum atomic E-state index is -0.348. The third kappa shape index (κ3) is 6.49. The second-order valence-corrected chi connectivity index (χ2v) is 11.0. The van der Waals surface area contributed by atoms with Crippen molar-refractivity contribution in [3.63, 3.8) is 0 Å². The number of amides is 1. The fourth-order valence-corrected chi connectivity index (χ4v) is 5.07. The van der Waals surface area contributed by atoms with E-state index >= 15 is 0 Å². The molecule has 1 aliphatic carbocycles. The molecule has 0 radical (unpaired) electrons. The molecule has 0 atom stereocenters. The van der Waals surface area contributed by atoms with Crippen LogP contribution in [0.25, 0.3) is 0 Å². The maximum absolute atomic E-state index is 13.2. The SMILES string of the molecule is CC1(C)CC(=O)C2=C(C1)N(c1ccc(Cl)cc1)CN(c1ccc(OCC(=O)N/N=C/c3ccccc3)cc1)C2. The van der Waals surface area contributed by atoms with Crippen LogP contribution in [0.4, 0.5) is 11.4 Å². The Morgan fingerprint density at radius 2 is 1.69 bits per heavy atom. The van der Waals surface area contributed by atoms with E-state index in [1.54, 1.807) is 6.21 Å². The summed E-state index contributed by atoms with van der Waals surface area (Å²) in [7, 11) is 0. The molecule has 200 valence electrons. The van der Waals surface area contributed by atoms with Crippen LogP contribution in [0.2, 0.25) is 5.02 Å². The van der Waals surface area contributed by atoms with E-state index in [0.29, 0.717) is 30.4 Å². The van der Waals surface area contributed by atoms with E-state index in [-0.39, 0.29) is 23.7 Å². The van der Waals surface area contributed by atoms with Gasteiger partial charge in [0.1, 0.15) is 5.75 Å². The normalized spacial score (nSPS) is 16.8. The maximum Gasteiger partial charge on any atom is 0.277 e. The number of anilines is 2. The molecule has 5 rings (SSSR count). The number of hydrogen-bond donors (Lipinski definition) is 1. The molecule has 3 aromatic carbocycles. The van der Waals surface area contributed by atoms with Gasteiger partial charge >= 0.3 is 0 Å². The van der Waals surface area contributed by atoms with E-state index in [9.17, 15) is 9.59 Å². The smallest absolute Gasteiger partial charge is 0.277 e. The van der Waals surface area contributed by atoms with Crippen LogP contribution in [-0.4, -0.2) is 37.7 Å². The molecule has 0 saturated heterocycles. The number of hydrazone groups is 1. The Balaban J connectivity index is 1.26. The number of nitrogens with one attached hydrogen (secondary N) is 1. The van der Waals surface area contributed by atoms with Crippen LogP contribution >= 0.6 is 11.6 Å². The topological polar surface area (TPSA) is 74.2 Å². The molecule has 1 heterocycles. The summed E-state index contributed by atoms with van der Waals surface area (Å²) in [4.78, 5) is 29.7. The summed E-state index contributed by atoms with van der Waals surface area (Å²) in [6.07, 6.45) is 2.96. The zero-order chi connectivity index (χ0) is 27.4. The molecule has 3 aromatic rings. The quantitative estimate of drug-likeness (QED) is 0.302. The largest absolute Gasteiger partial charge is 0.484 e. The van der Waals surface area contributed by atoms with Gasteiger partial charge in [-0.3, -0.25) is 9.59 Å². The molecule has 0 fully saturated rings. The van der Waals surface area contributed by atoms with Crippen LogP contribution in [0.15, 0.2) is 95.2 Å². The number of ether oxygens (including phenoxy) is 1. The number of carbonyl (C=O) groups is 2. The Labute approximate surface area is 233 Å². The first kappa shape index (κ1) is 26.5. The van der Waals surface area contributed by atoms with E-state index in [4.69, 9.17) is 16.3 Å². The Hall–Kier alpha value is -4.10. The van der Waals surface area contributed by atoms with Crippen molar-refractivity contribution in [3.8, 4) is 5.75 Å². The molecule has 8 heteroatoms. The maximum atomic E-state index is 13.2. The molecule has 1 amide bonds.